The van der Waals surface area contributed by atoms with Gasteiger partial charge in [-0.15, -0.1) is 0 Å². The summed E-state index contributed by atoms with van der Waals surface area (Å²) < 4.78 is 52.8. The van der Waals surface area contributed by atoms with E-state index in [1.165, 1.54) is 9.80 Å². The van der Waals surface area contributed by atoms with Gasteiger partial charge in [-0.3, -0.25) is 29.2 Å². The van der Waals surface area contributed by atoms with Gasteiger partial charge in [-0.1, -0.05) is 30.8 Å². The zero-order chi connectivity index (χ0) is 55.7. The van der Waals surface area contributed by atoms with Crippen LogP contribution < -0.4 is 43.2 Å². The number of urea groups is 2. The summed E-state index contributed by atoms with van der Waals surface area (Å²) >= 11 is 3.18. The first-order valence-corrected chi connectivity index (χ1v) is 26.4. The van der Waals surface area contributed by atoms with E-state index in [-0.39, 0.29) is 51.8 Å². The number of hydrogen-bond acceptors (Lipinski definition) is 16. The number of benzene rings is 4. The van der Waals surface area contributed by atoms with Crippen molar-refractivity contribution in [3.05, 3.63) is 95.1 Å². The Kier molecular flexibility index (Phi) is 25.3. The van der Waals surface area contributed by atoms with Crippen LogP contribution in [0.3, 0.4) is 0 Å². The largest absolute Gasteiger partial charge is 0.497 e. The van der Waals surface area contributed by atoms with Crippen molar-refractivity contribution in [1.29, 1.82) is 0 Å². The van der Waals surface area contributed by atoms with Crippen molar-refractivity contribution in [3.63, 3.8) is 0 Å². The SMILES string of the molecule is C.C.COCCBr.COCCN1C(=O)N(Cc2cc(OC)cc(OC)c2)C(=O)C12CCN(Cc1cc(OC)cc(OC)c1)CC2.COc1cc(CN2CCC3(CC2)NC(=O)N(Cc2cc(OC)cc(OC)c2)C3=O)cc(OC)c1. The predicted molar refractivity (Wildman–Crippen MR) is 305 cm³/mol. The van der Waals surface area contributed by atoms with E-state index < -0.39 is 11.1 Å². The second kappa shape index (κ2) is 30.7. The number of ether oxygens (including phenoxy) is 10. The molecule has 4 aromatic rings. The van der Waals surface area contributed by atoms with Gasteiger partial charge < -0.3 is 57.6 Å². The summed E-state index contributed by atoms with van der Waals surface area (Å²) in [7, 11) is 16.1. The highest BCUT2D eigenvalue weighted by atomic mass is 79.9. The molecule has 4 aliphatic heterocycles. The molecular formula is C58H83BrN6O14. The number of hydrogen-bond donors (Lipinski definition) is 1. The quantitative estimate of drug-likeness (QED) is 0.0619. The van der Waals surface area contributed by atoms with E-state index >= 15 is 0 Å². The van der Waals surface area contributed by atoms with Gasteiger partial charge in [0.1, 0.15) is 57.1 Å². The smallest absolute Gasteiger partial charge is 0.328 e. The number of nitrogens with zero attached hydrogens (tertiary/aromatic N) is 5. The molecule has 0 bridgehead atoms. The maximum Gasteiger partial charge on any atom is 0.328 e. The first kappa shape index (κ1) is 65.0. The second-order valence-electron chi connectivity index (χ2n) is 18.9. The molecule has 4 aromatic carbocycles. The van der Waals surface area contributed by atoms with Crippen LogP contribution in [0.15, 0.2) is 72.8 Å². The van der Waals surface area contributed by atoms with Crippen LogP contribution in [0, 0.1) is 0 Å². The Morgan fingerprint density at radius 2 is 0.772 bits per heavy atom. The van der Waals surface area contributed by atoms with E-state index in [0.717, 1.165) is 57.2 Å². The van der Waals surface area contributed by atoms with Crippen molar-refractivity contribution in [2.75, 3.05) is 122 Å². The van der Waals surface area contributed by atoms with Gasteiger partial charge >= 0.3 is 12.1 Å². The van der Waals surface area contributed by atoms with Crippen LogP contribution >= 0.6 is 15.9 Å². The molecule has 0 radical (unpaired) electrons. The number of imide groups is 2. The first-order chi connectivity index (χ1) is 37.2. The lowest BCUT2D eigenvalue weighted by Gasteiger charge is -2.42. The zero-order valence-electron chi connectivity index (χ0n) is 46.1. The van der Waals surface area contributed by atoms with Crippen LogP contribution in [0.25, 0.3) is 0 Å². The molecule has 0 atom stereocenters. The molecule has 79 heavy (non-hydrogen) atoms. The average molecular weight is 1170 g/mol. The summed E-state index contributed by atoms with van der Waals surface area (Å²) in [6.45, 7) is 5.93. The van der Waals surface area contributed by atoms with Gasteiger partial charge in [0.25, 0.3) is 11.8 Å². The summed E-state index contributed by atoms with van der Waals surface area (Å²) in [6.07, 6.45) is 2.19. The molecule has 0 saturated carbocycles. The molecule has 0 unspecified atom stereocenters. The summed E-state index contributed by atoms with van der Waals surface area (Å²) in [6, 6.07) is 21.7. The molecule has 2 spiro atoms. The number of nitrogens with one attached hydrogen (secondary N) is 1. The van der Waals surface area contributed by atoms with Gasteiger partial charge in [-0.05, 0) is 96.5 Å². The number of piperidine rings is 2. The number of carbonyl (C=O) groups excluding carboxylic acids is 4. The van der Waals surface area contributed by atoms with Gasteiger partial charge in [0.15, 0.2) is 0 Å². The molecule has 1 N–H and O–H groups in total. The van der Waals surface area contributed by atoms with Gasteiger partial charge in [0, 0.05) is 89.6 Å². The summed E-state index contributed by atoms with van der Waals surface area (Å²) in [4.78, 5) is 62.6. The van der Waals surface area contributed by atoms with Crippen LogP contribution in [0.1, 0.15) is 62.8 Å². The number of amides is 6. The van der Waals surface area contributed by atoms with Gasteiger partial charge in [-0.2, -0.15) is 0 Å². The highest BCUT2D eigenvalue weighted by Crippen LogP contribution is 2.40. The fraction of sp³-hybridized carbons (Fsp3) is 0.517. The van der Waals surface area contributed by atoms with E-state index in [1.54, 1.807) is 100 Å². The Hall–Kier alpha value is -6.52. The normalized spacial score (nSPS) is 16.4. The Labute approximate surface area is 475 Å². The maximum absolute atomic E-state index is 13.9. The Balaban J connectivity index is 0.000000308. The van der Waals surface area contributed by atoms with E-state index in [2.05, 4.69) is 35.8 Å². The Morgan fingerprint density at radius 3 is 1.09 bits per heavy atom. The van der Waals surface area contributed by atoms with Crippen molar-refractivity contribution < 1.29 is 66.5 Å². The molecule has 4 saturated heterocycles. The van der Waals surface area contributed by atoms with Crippen molar-refractivity contribution in [2.45, 2.75) is 77.8 Å². The minimum absolute atomic E-state index is 0. The molecule has 436 valence electrons. The van der Waals surface area contributed by atoms with Crippen LogP contribution in [-0.2, 0) is 45.2 Å². The predicted octanol–water partition coefficient (Wildman–Crippen LogP) is 8.27. The van der Waals surface area contributed by atoms with Crippen molar-refractivity contribution in [1.82, 2.24) is 29.8 Å². The number of likely N-dealkylation sites (tertiary alicyclic amines) is 2. The number of rotatable bonds is 21. The van der Waals surface area contributed by atoms with E-state index in [9.17, 15) is 19.2 Å². The number of halogens is 1. The molecule has 0 aromatic heterocycles. The second-order valence-corrected chi connectivity index (χ2v) is 19.7. The molecule has 21 heteroatoms. The molecule has 20 nitrogen and oxygen atoms in total. The topological polar surface area (TPSA) is 189 Å². The summed E-state index contributed by atoms with van der Waals surface area (Å²) in [5.41, 5.74) is 1.92. The first-order valence-electron chi connectivity index (χ1n) is 25.3. The Bertz CT molecular complexity index is 2530. The third-order valence-corrected chi connectivity index (χ3v) is 14.5. The fourth-order valence-corrected chi connectivity index (χ4v) is 10.3. The number of methoxy groups -OCH3 is 10. The molecular weight excluding hydrogens is 1080 g/mol. The fourth-order valence-electron chi connectivity index (χ4n) is 10.0. The van der Waals surface area contributed by atoms with Crippen molar-refractivity contribution in [3.8, 4) is 46.0 Å². The highest BCUT2D eigenvalue weighted by Gasteiger charge is 2.58. The van der Waals surface area contributed by atoms with E-state index in [1.807, 2.05) is 48.5 Å². The average Bonchev–Trinajstić information content (AvgIpc) is 3.82. The van der Waals surface area contributed by atoms with Gasteiger partial charge in [0.05, 0.1) is 83.2 Å². The van der Waals surface area contributed by atoms with Crippen LogP contribution in [0.2, 0.25) is 0 Å². The minimum Gasteiger partial charge on any atom is -0.497 e. The standard InChI is InChI=1S/C28H37N3O7.C25H31N3O6.C3H7BrO.2CH4/c1-34-11-10-31-27(33)30(19-21-14-24(37-4)17-25(15-21)38-5)26(32)28(31)6-8-29(9-7-28)18-20-12-22(35-2)16-23(13-20)36-3;1-31-19-9-17(10-20(13-19)32-2)15-27-7-5-25(6-8-27)23(29)28(24(30)26-25)16-18-11-21(33-3)14-22(12-18)34-4;1-5-3-2-4;;/h12-17H,6-11,18-19H2,1-5H3;9-14H,5-8,15-16H2,1-4H3,(H,26,30);2-3H2,1H3;2*1H4. The lowest BCUT2D eigenvalue weighted by molar-refractivity contribution is -0.136. The van der Waals surface area contributed by atoms with Crippen LogP contribution in [0.5, 0.6) is 46.0 Å². The van der Waals surface area contributed by atoms with Crippen molar-refractivity contribution in [2.24, 2.45) is 0 Å². The molecule has 0 aliphatic carbocycles. The zero-order valence-corrected chi connectivity index (χ0v) is 47.7. The molecule has 4 aliphatic rings. The highest BCUT2D eigenvalue weighted by molar-refractivity contribution is 9.09. The van der Waals surface area contributed by atoms with E-state index in [4.69, 9.17) is 42.6 Å². The monoisotopic (exact) mass is 1170 g/mol. The summed E-state index contributed by atoms with van der Waals surface area (Å²) in [5, 5.41) is 3.91. The molecule has 6 amide bonds. The minimum atomic E-state index is -0.888. The molecule has 4 fully saturated rings. The number of alkyl halides is 1. The Morgan fingerprint density at radius 1 is 0.443 bits per heavy atom. The van der Waals surface area contributed by atoms with Gasteiger partial charge in [-0.25, -0.2) is 9.59 Å². The maximum atomic E-state index is 13.9. The summed E-state index contributed by atoms with van der Waals surface area (Å²) in [5.74, 6) is 5.04. The van der Waals surface area contributed by atoms with Gasteiger partial charge in [0.2, 0.25) is 0 Å². The number of carbonyl (C=O) groups is 4. The third kappa shape index (κ3) is 16.1. The van der Waals surface area contributed by atoms with Crippen molar-refractivity contribution >= 4 is 39.8 Å². The lowest BCUT2D eigenvalue weighted by atomic mass is 9.85. The molecule has 8 rings (SSSR count). The third-order valence-electron chi connectivity index (χ3n) is 14.2. The van der Waals surface area contributed by atoms with E-state index in [0.29, 0.717) is 101 Å². The molecule has 4 heterocycles. The van der Waals surface area contributed by atoms with Crippen LogP contribution in [0.4, 0.5) is 9.59 Å². The van der Waals surface area contributed by atoms with Crippen LogP contribution in [-0.4, -0.2) is 182 Å². The lowest BCUT2D eigenvalue weighted by Crippen LogP contribution is -2.57.